The average molecular weight is 999 g/mol. The van der Waals surface area contributed by atoms with E-state index in [0.717, 1.165) is 66.8 Å². The molecule has 0 unspecified atom stereocenters. The Morgan fingerprint density at radius 1 is 0.438 bits per heavy atom. The normalized spacial score (nSPS) is 12.6. The monoisotopic (exact) mass is 999 g/mol. The molecule has 0 saturated carbocycles. The Morgan fingerprint density at radius 2 is 0.630 bits per heavy atom. The molecule has 0 radical (unpaired) electrons. The summed E-state index contributed by atoms with van der Waals surface area (Å²) in [6, 6.07) is 22.0. The summed E-state index contributed by atoms with van der Waals surface area (Å²) in [4.78, 5) is 31.2. The van der Waals surface area contributed by atoms with Crippen LogP contribution in [-0.2, 0) is 56.9 Å². The van der Waals surface area contributed by atoms with Crippen LogP contribution in [0.2, 0.25) is 0 Å². The Balaban J connectivity index is 0.00000375. The molecule has 0 spiro atoms. The van der Waals surface area contributed by atoms with Gasteiger partial charge in [0.1, 0.15) is 35.1 Å². The number of hydrogen-bond donors (Lipinski definition) is 1. The third-order valence-electron chi connectivity index (χ3n) is 13.4. The molecule has 1 N–H and O–H groups in total. The highest BCUT2D eigenvalue weighted by Crippen LogP contribution is 2.44. The molecule has 0 fully saturated rings. The van der Waals surface area contributed by atoms with Crippen LogP contribution in [0, 0.1) is 22.7 Å². The number of carbonyl (C=O) groups is 2. The van der Waals surface area contributed by atoms with Gasteiger partial charge in [0.05, 0.1) is 0 Å². The zero-order chi connectivity index (χ0) is 54.6. The standard InChI is InChI=1S/C60H80N4O6.C2H6O/c1-17-63(18-2)51(65)37-69-55-43-25-39-29-47(57(5,6)7)31-41(53(39)67-23-21-61)27-45-35-50(60(14,15)16)36-46(56(45)70-38-52(66)64(19-3)20-4)28-42-32-48(58(8,9)10)30-40(54(42)68-24-22-62)26-44(55)34-49(33-43)59(11,12)13;1-2-3/h29-36H,17-20,23-28,37-38H2,1-16H3;3H,2H2,1H3. The molecule has 0 saturated heterocycles. The van der Waals surface area contributed by atoms with Crippen molar-refractivity contribution in [3.05, 3.63) is 115 Å². The van der Waals surface area contributed by atoms with Gasteiger partial charge in [0.2, 0.25) is 0 Å². The molecule has 0 aromatic heterocycles. The summed E-state index contributed by atoms with van der Waals surface area (Å²) in [5.41, 5.74) is 10.2. The first-order valence-electron chi connectivity index (χ1n) is 26.3. The molecule has 8 bridgehead atoms. The van der Waals surface area contributed by atoms with Gasteiger partial charge in [-0.25, -0.2) is 0 Å². The smallest absolute Gasteiger partial charge is 0.260 e. The number of ether oxygens (including phenoxy) is 4. The van der Waals surface area contributed by atoms with Crippen LogP contribution in [0.3, 0.4) is 0 Å². The van der Waals surface area contributed by atoms with E-state index in [1.807, 2.05) is 27.7 Å². The molecule has 0 aliphatic heterocycles. The fourth-order valence-corrected chi connectivity index (χ4v) is 9.17. The van der Waals surface area contributed by atoms with Gasteiger partial charge in [-0.2, -0.15) is 10.5 Å². The van der Waals surface area contributed by atoms with Crippen molar-refractivity contribution in [1.29, 1.82) is 10.5 Å². The van der Waals surface area contributed by atoms with Crippen LogP contribution in [0.25, 0.3) is 0 Å². The number of aliphatic hydroxyl groups excluding tert-OH is 1. The van der Waals surface area contributed by atoms with Crippen molar-refractivity contribution < 1.29 is 33.6 Å². The van der Waals surface area contributed by atoms with Gasteiger partial charge < -0.3 is 33.9 Å². The van der Waals surface area contributed by atoms with E-state index in [1.165, 1.54) is 0 Å². The molecule has 11 heteroatoms. The summed E-state index contributed by atoms with van der Waals surface area (Å²) in [6.07, 6.45) is 1.46. The topological polar surface area (TPSA) is 145 Å². The molecule has 11 nitrogen and oxygen atoms in total. The van der Waals surface area contributed by atoms with Gasteiger partial charge in [-0.05, 0) is 123 Å². The highest BCUT2D eigenvalue weighted by atomic mass is 16.5. The van der Waals surface area contributed by atoms with E-state index in [2.05, 4.69) is 144 Å². The minimum absolute atomic E-state index is 0.110. The second-order valence-corrected chi connectivity index (χ2v) is 23.1. The number of hydrogen-bond acceptors (Lipinski definition) is 9. The Kier molecular flexibility index (Phi) is 20.6. The number of benzene rings is 4. The molecule has 0 heterocycles. The summed E-state index contributed by atoms with van der Waals surface area (Å²) < 4.78 is 26.9. The molecule has 396 valence electrons. The molecule has 73 heavy (non-hydrogen) atoms. The minimum atomic E-state index is -0.284. The first kappa shape index (κ1) is 59.5. The first-order chi connectivity index (χ1) is 34.2. The number of nitrogens with zero attached hydrogens (tertiary/aromatic N) is 4. The number of fused-ring (bicyclic) bond motifs is 8. The highest BCUT2D eigenvalue weighted by molar-refractivity contribution is 5.78. The van der Waals surface area contributed by atoms with Crippen LogP contribution >= 0.6 is 0 Å². The summed E-state index contributed by atoms with van der Waals surface area (Å²) in [6.45, 7) is 37.7. The summed E-state index contributed by atoms with van der Waals surface area (Å²) >= 11 is 0. The fourth-order valence-electron chi connectivity index (χ4n) is 9.17. The molecule has 4 aromatic carbocycles. The number of aliphatic hydroxyl groups is 1. The fraction of sp³-hybridized carbons (Fsp3) is 0.548. The number of amides is 2. The van der Waals surface area contributed by atoms with Gasteiger partial charge >= 0.3 is 0 Å². The summed E-state index contributed by atoms with van der Waals surface area (Å²) in [5.74, 6) is 2.21. The molecule has 2 amide bonds. The number of likely N-dealkylation sites (N-methyl/N-ethyl adjacent to an activating group) is 2. The Bertz CT molecular complexity index is 2360. The van der Waals surface area contributed by atoms with E-state index < -0.39 is 0 Å². The largest absolute Gasteiger partial charge is 0.483 e. The minimum Gasteiger partial charge on any atom is -0.483 e. The number of rotatable bonds is 14. The van der Waals surface area contributed by atoms with Crippen molar-refractivity contribution in [2.24, 2.45) is 0 Å². The maximum absolute atomic E-state index is 13.8. The lowest BCUT2D eigenvalue weighted by molar-refractivity contribution is -0.133. The molecule has 0 atom stereocenters. The van der Waals surface area contributed by atoms with E-state index in [-0.39, 0.29) is 66.5 Å². The third-order valence-corrected chi connectivity index (χ3v) is 13.4. The maximum Gasteiger partial charge on any atom is 0.260 e. The van der Waals surface area contributed by atoms with E-state index in [1.54, 1.807) is 16.7 Å². The Morgan fingerprint density at radius 3 is 0.795 bits per heavy atom. The Labute approximate surface area is 438 Å². The van der Waals surface area contributed by atoms with E-state index >= 15 is 0 Å². The van der Waals surface area contributed by atoms with Crippen LogP contribution in [0.5, 0.6) is 23.0 Å². The van der Waals surface area contributed by atoms with E-state index in [0.29, 0.717) is 74.9 Å². The van der Waals surface area contributed by atoms with Crippen LogP contribution in [0.1, 0.15) is 184 Å². The molecule has 5 rings (SSSR count). The SMILES string of the molecule is CCN(CC)C(=O)COc1c2cc(C(C)(C)C)cc1Cc1cc(C(C)(C)C)cc(c1OCC#N)Cc1cc(C(C)(C)C)cc(c1OCC(=O)N(CC)CC)Cc1cc(C(C)(C)C)cc(c1OCC#N)C2.CCO. The lowest BCUT2D eigenvalue weighted by Gasteiger charge is -2.29. The zero-order valence-electron chi connectivity index (χ0n) is 47.5. The molecule has 1 aliphatic rings. The second kappa shape index (κ2) is 25.3. The van der Waals surface area contributed by atoms with Crippen LogP contribution < -0.4 is 18.9 Å². The number of carbonyl (C=O) groups excluding carboxylic acids is 2. The van der Waals surface area contributed by atoms with Gasteiger partial charge in [-0.1, -0.05) is 132 Å². The lowest BCUT2D eigenvalue weighted by atomic mass is 9.79. The van der Waals surface area contributed by atoms with Crippen molar-refractivity contribution in [3.63, 3.8) is 0 Å². The van der Waals surface area contributed by atoms with Crippen molar-refractivity contribution in [1.82, 2.24) is 9.80 Å². The molecule has 1 aliphatic carbocycles. The van der Waals surface area contributed by atoms with Gasteiger partial charge in [0.25, 0.3) is 11.8 Å². The van der Waals surface area contributed by atoms with Crippen LogP contribution in [0.15, 0.2) is 48.5 Å². The predicted molar refractivity (Wildman–Crippen MR) is 294 cm³/mol. The van der Waals surface area contributed by atoms with Gasteiger partial charge in [0, 0.05) is 58.5 Å². The van der Waals surface area contributed by atoms with E-state index in [4.69, 9.17) is 24.1 Å². The zero-order valence-corrected chi connectivity index (χ0v) is 47.5. The van der Waals surface area contributed by atoms with Crippen LogP contribution in [-0.4, -0.2) is 85.9 Å². The van der Waals surface area contributed by atoms with Gasteiger partial charge in [0.15, 0.2) is 26.4 Å². The Hall–Kier alpha value is -6.04. The van der Waals surface area contributed by atoms with Crippen molar-refractivity contribution in [2.75, 3.05) is 59.2 Å². The first-order valence-corrected chi connectivity index (χ1v) is 26.3. The van der Waals surface area contributed by atoms with Crippen molar-refractivity contribution >= 4 is 11.8 Å². The molecular weight excluding hydrogens is 913 g/mol. The highest BCUT2D eigenvalue weighted by Gasteiger charge is 2.30. The number of nitriles is 2. The quantitative estimate of drug-likeness (QED) is 0.115. The van der Waals surface area contributed by atoms with Crippen molar-refractivity contribution in [2.45, 2.75) is 165 Å². The van der Waals surface area contributed by atoms with Gasteiger partial charge in [-0.3, -0.25) is 9.59 Å². The summed E-state index contributed by atoms with van der Waals surface area (Å²) in [5, 5.41) is 27.8. The summed E-state index contributed by atoms with van der Waals surface area (Å²) in [7, 11) is 0. The van der Waals surface area contributed by atoms with Gasteiger partial charge in [-0.15, -0.1) is 0 Å². The molecular formula is C62H86N4O7. The van der Waals surface area contributed by atoms with E-state index in [9.17, 15) is 20.1 Å². The second-order valence-electron chi connectivity index (χ2n) is 23.1. The average Bonchev–Trinajstić information content (AvgIpc) is 3.29. The lowest BCUT2D eigenvalue weighted by Crippen LogP contribution is -2.34. The molecule has 4 aromatic rings. The third kappa shape index (κ3) is 15.5. The maximum atomic E-state index is 13.8. The predicted octanol–water partition coefficient (Wildman–Crippen LogP) is 11.9. The van der Waals surface area contributed by atoms with Crippen LogP contribution in [0.4, 0.5) is 0 Å². The van der Waals surface area contributed by atoms with Crippen molar-refractivity contribution in [3.8, 4) is 35.1 Å².